The third-order valence-corrected chi connectivity index (χ3v) is 4.75. The van der Waals surface area contributed by atoms with Crippen LogP contribution in [-0.4, -0.2) is 47.3 Å². The predicted molar refractivity (Wildman–Crippen MR) is 75.8 cm³/mol. The average Bonchev–Trinajstić information content (AvgIpc) is 2.64. The molecule has 0 radical (unpaired) electrons. The molecule has 0 aromatic heterocycles. The first-order valence-electron chi connectivity index (χ1n) is 7.79. The van der Waals surface area contributed by atoms with Crippen LogP contribution in [0.15, 0.2) is 0 Å². The molecule has 2 N–H and O–H groups in total. The van der Waals surface area contributed by atoms with Crippen LogP contribution < -0.4 is 5.32 Å². The number of rotatable bonds is 4. The fourth-order valence-corrected chi connectivity index (χ4v) is 3.38. The molecule has 2 aliphatic rings. The van der Waals surface area contributed by atoms with E-state index in [4.69, 9.17) is 0 Å². The first-order valence-corrected chi connectivity index (χ1v) is 7.79. The molecule has 106 valence electrons. The number of hydrogen-bond acceptors (Lipinski definition) is 3. The van der Waals surface area contributed by atoms with Gasteiger partial charge in [0, 0.05) is 18.6 Å². The van der Waals surface area contributed by atoms with Crippen molar-refractivity contribution in [3.05, 3.63) is 0 Å². The molecule has 1 aliphatic carbocycles. The van der Waals surface area contributed by atoms with Gasteiger partial charge in [-0.25, -0.2) is 0 Å². The maximum absolute atomic E-state index is 10.4. The third-order valence-electron chi connectivity index (χ3n) is 4.75. The van der Waals surface area contributed by atoms with Gasteiger partial charge in [0.25, 0.3) is 0 Å². The van der Waals surface area contributed by atoms with Crippen molar-refractivity contribution in [3.63, 3.8) is 0 Å². The maximum Gasteiger partial charge on any atom is 0.0771 e. The van der Waals surface area contributed by atoms with E-state index < -0.39 is 5.60 Å². The van der Waals surface area contributed by atoms with E-state index in [1.165, 1.54) is 45.2 Å². The van der Waals surface area contributed by atoms with E-state index in [2.05, 4.69) is 24.1 Å². The number of aliphatic hydroxyl groups is 1. The topological polar surface area (TPSA) is 35.5 Å². The van der Waals surface area contributed by atoms with Gasteiger partial charge in [0.15, 0.2) is 0 Å². The summed E-state index contributed by atoms with van der Waals surface area (Å²) in [5.74, 6) is 0. The van der Waals surface area contributed by atoms with Crippen molar-refractivity contribution in [2.75, 3.05) is 19.6 Å². The van der Waals surface area contributed by atoms with Gasteiger partial charge < -0.3 is 15.3 Å². The van der Waals surface area contributed by atoms with Crippen LogP contribution in [0.5, 0.6) is 0 Å². The lowest BCUT2D eigenvalue weighted by Crippen LogP contribution is -2.43. The number of likely N-dealkylation sites (tertiary alicyclic amines) is 1. The monoisotopic (exact) mass is 254 g/mol. The first-order chi connectivity index (χ1) is 8.59. The molecule has 1 aliphatic heterocycles. The normalized spacial score (nSPS) is 29.7. The molecule has 3 nitrogen and oxygen atoms in total. The van der Waals surface area contributed by atoms with Crippen molar-refractivity contribution in [3.8, 4) is 0 Å². The van der Waals surface area contributed by atoms with E-state index in [-0.39, 0.29) is 0 Å². The fourth-order valence-electron chi connectivity index (χ4n) is 3.38. The van der Waals surface area contributed by atoms with Crippen LogP contribution >= 0.6 is 0 Å². The summed E-state index contributed by atoms with van der Waals surface area (Å²) >= 11 is 0. The average molecular weight is 254 g/mol. The van der Waals surface area contributed by atoms with Crippen molar-refractivity contribution in [1.82, 2.24) is 10.2 Å². The van der Waals surface area contributed by atoms with Crippen LogP contribution in [-0.2, 0) is 0 Å². The molecule has 2 fully saturated rings. The second-order valence-electron chi connectivity index (χ2n) is 6.57. The van der Waals surface area contributed by atoms with Crippen molar-refractivity contribution in [1.29, 1.82) is 0 Å². The summed E-state index contributed by atoms with van der Waals surface area (Å²) in [6, 6.07) is 1.28. The predicted octanol–water partition coefficient (Wildman–Crippen LogP) is 2.14. The lowest BCUT2D eigenvalue weighted by Gasteiger charge is -2.27. The Morgan fingerprint density at radius 3 is 2.56 bits per heavy atom. The van der Waals surface area contributed by atoms with Gasteiger partial charge in [0.1, 0.15) is 0 Å². The molecular formula is C15H30N2O. The van der Waals surface area contributed by atoms with Crippen LogP contribution in [0, 0.1) is 0 Å². The Hall–Kier alpha value is -0.120. The summed E-state index contributed by atoms with van der Waals surface area (Å²) < 4.78 is 0. The number of nitrogens with zero attached hydrogens (tertiary/aromatic N) is 1. The van der Waals surface area contributed by atoms with E-state index in [1.807, 2.05) is 0 Å². The van der Waals surface area contributed by atoms with Gasteiger partial charge in [-0.1, -0.05) is 12.8 Å². The minimum absolute atomic E-state index is 0.399. The molecule has 1 unspecified atom stereocenters. The summed E-state index contributed by atoms with van der Waals surface area (Å²) in [6.07, 6.45) is 8.16. The molecule has 1 saturated carbocycles. The van der Waals surface area contributed by atoms with E-state index in [0.717, 1.165) is 19.4 Å². The molecule has 0 aromatic rings. The van der Waals surface area contributed by atoms with Gasteiger partial charge in [-0.15, -0.1) is 0 Å². The summed E-state index contributed by atoms with van der Waals surface area (Å²) in [7, 11) is 0. The van der Waals surface area contributed by atoms with Crippen molar-refractivity contribution in [2.24, 2.45) is 0 Å². The van der Waals surface area contributed by atoms with Crippen molar-refractivity contribution < 1.29 is 5.11 Å². The Kier molecular flexibility index (Phi) is 5.05. The quantitative estimate of drug-likeness (QED) is 0.807. The Bertz CT molecular complexity index is 249. The number of nitrogens with one attached hydrogen (secondary N) is 1. The van der Waals surface area contributed by atoms with Crippen LogP contribution in [0.2, 0.25) is 0 Å². The minimum Gasteiger partial charge on any atom is -0.389 e. The molecule has 3 heteroatoms. The third kappa shape index (κ3) is 3.94. The van der Waals surface area contributed by atoms with Gasteiger partial charge in [0.05, 0.1) is 5.60 Å². The van der Waals surface area contributed by atoms with Crippen molar-refractivity contribution in [2.45, 2.75) is 76.5 Å². The van der Waals surface area contributed by atoms with Gasteiger partial charge in [0.2, 0.25) is 0 Å². The molecule has 1 atom stereocenters. The SMILES string of the molecule is CC(C)N1CCCC(NCC2(O)CCCC2)CC1. The zero-order valence-corrected chi connectivity index (χ0v) is 12.1. The summed E-state index contributed by atoms with van der Waals surface area (Å²) in [5, 5.41) is 14.0. The zero-order chi connectivity index (χ0) is 13.0. The Morgan fingerprint density at radius 2 is 1.89 bits per heavy atom. The van der Waals surface area contributed by atoms with Crippen LogP contribution in [0.3, 0.4) is 0 Å². The van der Waals surface area contributed by atoms with Gasteiger partial charge in [-0.3, -0.25) is 0 Å². The fraction of sp³-hybridized carbons (Fsp3) is 1.00. The smallest absolute Gasteiger partial charge is 0.0771 e. The minimum atomic E-state index is -0.399. The highest BCUT2D eigenvalue weighted by Gasteiger charge is 2.31. The summed E-state index contributed by atoms with van der Waals surface area (Å²) in [6.45, 7) is 7.82. The molecule has 0 bridgehead atoms. The second kappa shape index (κ2) is 6.36. The van der Waals surface area contributed by atoms with Crippen LogP contribution in [0.4, 0.5) is 0 Å². The maximum atomic E-state index is 10.4. The molecule has 0 aromatic carbocycles. The lowest BCUT2D eigenvalue weighted by atomic mass is 10.0. The highest BCUT2D eigenvalue weighted by atomic mass is 16.3. The van der Waals surface area contributed by atoms with E-state index in [0.29, 0.717) is 12.1 Å². The lowest BCUT2D eigenvalue weighted by molar-refractivity contribution is 0.0442. The van der Waals surface area contributed by atoms with Gasteiger partial charge >= 0.3 is 0 Å². The number of hydrogen-bond donors (Lipinski definition) is 2. The van der Waals surface area contributed by atoms with Gasteiger partial charge in [-0.2, -0.15) is 0 Å². The first kappa shape index (κ1) is 14.3. The second-order valence-corrected chi connectivity index (χ2v) is 6.57. The Morgan fingerprint density at radius 1 is 1.17 bits per heavy atom. The standard InChI is InChI=1S/C15H30N2O/c1-13(2)17-10-5-6-14(7-11-17)16-12-15(18)8-3-4-9-15/h13-14,16,18H,3-12H2,1-2H3. The molecule has 0 spiro atoms. The van der Waals surface area contributed by atoms with E-state index in [9.17, 15) is 5.11 Å². The summed E-state index contributed by atoms with van der Waals surface area (Å²) in [5.41, 5.74) is -0.399. The molecule has 1 heterocycles. The largest absolute Gasteiger partial charge is 0.389 e. The van der Waals surface area contributed by atoms with Crippen LogP contribution in [0.1, 0.15) is 58.8 Å². The van der Waals surface area contributed by atoms with E-state index in [1.54, 1.807) is 0 Å². The Balaban J connectivity index is 1.73. The molecule has 18 heavy (non-hydrogen) atoms. The van der Waals surface area contributed by atoms with Crippen molar-refractivity contribution >= 4 is 0 Å². The van der Waals surface area contributed by atoms with Crippen LogP contribution in [0.25, 0.3) is 0 Å². The molecular weight excluding hydrogens is 224 g/mol. The molecule has 2 rings (SSSR count). The highest BCUT2D eigenvalue weighted by molar-refractivity contribution is 4.88. The van der Waals surface area contributed by atoms with E-state index >= 15 is 0 Å². The Labute approximate surface area is 112 Å². The molecule has 0 amide bonds. The summed E-state index contributed by atoms with van der Waals surface area (Å²) in [4.78, 5) is 2.58. The highest BCUT2D eigenvalue weighted by Crippen LogP contribution is 2.29. The molecule has 1 saturated heterocycles. The zero-order valence-electron chi connectivity index (χ0n) is 12.1. The van der Waals surface area contributed by atoms with Gasteiger partial charge in [-0.05, 0) is 59.0 Å².